The molecular weight excluding hydrogens is 498 g/mol. The van der Waals surface area contributed by atoms with E-state index >= 15 is 0 Å². The molecule has 2 aliphatic heterocycles. The average Bonchev–Trinajstić information content (AvgIpc) is 2.96. The van der Waals surface area contributed by atoms with Gasteiger partial charge in [-0.15, -0.1) is 0 Å². The standard InChI is InChI=1S/C31H29NO5S/c1-35-30-15-12-23-19-29-27-14-13-25(36-21-22-8-4-2-5-9-22)18-24(27)16-17-32(29)20-28(23)31(30)37-38(33,34)26-10-6-3-7-11-26/h2-15,18,29H,16-17,19-21H2,1H3. The summed E-state index contributed by atoms with van der Waals surface area (Å²) >= 11 is 0. The summed E-state index contributed by atoms with van der Waals surface area (Å²) in [6.45, 7) is 1.99. The first-order chi connectivity index (χ1) is 18.5. The summed E-state index contributed by atoms with van der Waals surface area (Å²) in [6, 6.07) is 28.8. The number of rotatable bonds is 7. The largest absolute Gasteiger partial charge is 0.493 e. The maximum Gasteiger partial charge on any atom is 0.339 e. The number of methoxy groups -OCH3 is 1. The number of ether oxygens (including phenoxy) is 2. The van der Waals surface area contributed by atoms with E-state index in [0.29, 0.717) is 18.9 Å². The van der Waals surface area contributed by atoms with Gasteiger partial charge in [0.1, 0.15) is 17.3 Å². The number of hydrogen-bond donors (Lipinski definition) is 0. The van der Waals surface area contributed by atoms with E-state index in [1.807, 2.05) is 24.3 Å². The zero-order valence-electron chi connectivity index (χ0n) is 21.2. The fraction of sp³-hybridized carbons (Fsp3) is 0.226. The van der Waals surface area contributed by atoms with Crippen molar-refractivity contribution in [1.82, 2.24) is 4.90 Å². The first-order valence-electron chi connectivity index (χ1n) is 12.7. The molecule has 194 valence electrons. The second-order valence-electron chi connectivity index (χ2n) is 9.66. The molecule has 0 spiro atoms. The Morgan fingerprint density at radius 2 is 1.66 bits per heavy atom. The molecule has 2 aliphatic rings. The molecule has 4 aromatic rings. The normalized spacial score (nSPS) is 16.6. The van der Waals surface area contributed by atoms with Crippen LogP contribution in [0.25, 0.3) is 0 Å². The van der Waals surface area contributed by atoms with E-state index in [1.165, 1.54) is 30.4 Å². The lowest BCUT2D eigenvalue weighted by Crippen LogP contribution is -2.39. The summed E-state index contributed by atoms with van der Waals surface area (Å²) in [6.07, 6.45) is 1.66. The Bertz CT molecular complexity index is 1550. The van der Waals surface area contributed by atoms with E-state index in [0.717, 1.165) is 41.8 Å². The summed E-state index contributed by atoms with van der Waals surface area (Å²) in [7, 11) is -2.47. The van der Waals surface area contributed by atoms with Gasteiger partial charge in [0.15, 0.2) is 11.5 Å². The molecule has 4 aromatic carbocycles. The summed E-state index contributed by atoms with van der Waals surface area (Å²) in [5, 5.41) is 0. The highest BCUT2D eigenvalue weighted by Crippen LogP contribution is 2.45. The van der Waals surface area contributed by atoms with Crippen molar-refractivity contribution in [2.45, 2.75) is 36.9 Å². The van der Waals surface area contributed by atoms with Crippen molar-refractivity contribution in [3.05, 3.63) is 119 Å². The second-order valence-corrected chi connectivity index (χ2v) is 11.2. The highest BCUT2D eigenvalue weighted by atomic mass is 32.2. The first-order valence-corrected chi connectivity index (χ1v) is 14.1. The molecule has 1 atom stereocenters. The SMILES string of the molecule is COc1ccc2c(c1OS(=O)(=O)c1ccccc1)CN1CCc3cc(OCc4ccccc4)ccc3C1C2. The zero-order valence-corrected chi connectivity index (χ0v) is 22.0. The molecule has 0 aromatic heterocycles. The van der Waals surface area contributed by atoms with Crippen LogP contribution in [0.5, 0.6) is 17.2 Å². The van der Waals surface area contributed by atoms with Crippen LogP contribution in [0.2, 0.25) is 0 Å². The zero-order chi connectivity index (χ0) is 26.1. The molecule has 0 saturated carbocycles. The van der Waals surface area contributed by atoms with Crippen molar-refractivity contribution >= 4 is 10.1 Å². The Morgan fingerprint density at radius 3 is 2.42 bits per heavy atom. The molecule has 1 unspecified atom stereocenters. The van der Waals surface area contributed by atoms with Gasteiger partial charge in [0.25, 0.3) is 0 Å². The third-order valence-electron chi connectivity index (χ3n) is 7.37. The van der Waals surface area contributed by atoms with Crippen LogP contribution in [0.15, 0.2) is 95.9 Å². The Kier molecular flexibility index (Phi) is 6.55. The summed E-state index contributed by atoms with van der Waals surface area (Å²) in [5.74, 6) is 1.57. The van der Waals surface area contributed by atoms with Gasteiger partial charge in [-0.3, -0.25) is 4.90 Å². The lowest BCUT2D eigenvalue weighted by Gasteiger charge is -2.42. The number of hydrogen-bond acceptors (Lipinski definition) is 6. The van der Waals surface area contributed by atoms with E-state index in [9.17, 15) is 8.42 Å². The fourth-order valence-corrected chi connectivity index (χ4v) is 6.41. The minimum atomic E-state index is -4.00. The highest BCUT2D eigenvalue weighted by Gasteiger charge is 2.35. The average molecular weight is 528 g/mol. The van der Waals surface area contributed by atoms with Crippen molar-refractivity contribution in [3.63, 3.8) is 0 Å². The van der Waals surface area contributed by atoms with Gasteiger partial charge in [-0.25, -0.2) is 0 Å². The maximum absolute atomic E-state index is 13.1. The Morgan fingerprint density at radius 1 is 0.895 bits per heavy atom. The van der Waals surface area contributed by atoms with Crippen LogP contribution < -0.4 is 13.7 Å². The van der Waals surface area contributed by atoms with Crippen molar-refractivity contribution < 1.29 is 22.1 Å². The van der Waals surface area contributed by atoms with Crippen LogP contribution in [0.1, 0.15) is 33.9 Å². The monoisotopic (exact) mass is 527 g/mol. The van der Waals surface area contributed by atoms with Crippen LogP contribution in [0, 0.1) is 0 Å². The molecule has 0 radical (unpaired) electrons. The molecule has 0 bridgehead atoms. The molecule has 0 N–H and O–H groups in total. The topological polar surface area (TPSA) is 65.1 Å². The molecule has 7 heteroatoms. The molecule has 0 amide bonds. The number of nitrogens with zero attached hydrogens (tertiary/aromatic N) is 1. The lowest BCUT2D eigenvalue weighted by molar-refractivity contribution is 0.159. The summed E-state index contributed by atoms with van der Waals surface area (Å²) < 4.78 is 43.5. The van der Waals surface area contributed by atoms with Gasteiger partial charge < -0.3 is 13.7 Å². The van der Waals surface area contributed by atoms with Crippen molar-refractivity contribution in [1.29, 1.82) is 0 Å². The molecule has 0 saturated heterocycles. The number of benzene rings is 4. The fourth-order valence-electron chi connectivity index (χ4n) is 5.42. The smallest absolute Gasteiger partial charge is 0.339 e. The molecule has 2 heterocycles. The number of fused-ring (bicyclic) bond motifs is 4. The molecule has 6 rings (SSSR count). The van der Waals surface area contributed by atoms with E-state index < -0.39 is 10.1 Å². The minimum Gasteiger partial charge on any atom is -0.493 e. The van der Waals surface area contributed by atoms with Crippen LogP contribution in [0.3, 0.4) is 0 Å². The van der Waals surface area contributed by atoms with Crippen molar-refractivity contribution in [3.8, 4) is 17.2 Å². The second kappa shape index (κ2) is 10.2. The molecule has 0 fully saturated rings. The maximum atomic E-state index is 13.1. The highest BCUT2D eigenvalue weighted by molar-refractivity contribution is 7.87. The Hall–Kier alpha value is -3.81. The van der Waals surface area contributed by atoms with Gasteiger partial charge in [0, 0.05) is 24.7 Å². The van der Waals surface area contributed by atoms with E-state index in [-0.39, 0.29) is 16.7 Å². The predicted molar refractivity (Wildman–Crippen MR) is 145 cm³/mol. The van der Waals surface area contributed by atoms with E-state index in [1.54, 1.807) is 24.3 Å². The summed E-state index contributed by atoms with van der Waals surface area (Å²) in [4.78, 5) is 2.52. The van der Waals surface area contributed by atoms with Crippen LogP contribution in [-0.2, 0) is 36.1 Å². The molecule has 0 aliphatic carbocycles. The van der Waals surface area contributed by atoms with Crippen LogP contribution in [0.4, 0.5) is 0 Å². The third-order valence-corrected chi connectivity index (χ3v) is 8.61. The Balaban J connectivity index is 1.27. The van der Waals surface area contributed by atoms with Gasteiger partial charge in [-0.05, 0) is 65.4 Å². The third kappa shape index (κ3) is 4.75. The molecule has 6 nitrogen and oxygen atoms in total. The van der Waals surface area contributed by atoms with Crippen molar-refractivity contribution in [2.24, 2.45) is 0 Å². The summed E-state index contributed by atoms with van der Waals surface area (Å²) in [5.41, 5.74) is 5.68. The van der Waals surface area contributed by atoms with Gasteiger partial charge in [0.2, 0.25) is 0 Å². The Labute approximate surface area is 223 Å². The lowest BCUT2D eigenvalue weighted by atomic mass is 9.83. The van der Waals surface area contributed by atoms with Gasteiger partial charge in [-0.2, -0.15) is 8.42 Å². The van der Waals surface area contributed by atoms with E-state index in [2.05, 4.69) is 35.2 Å². The molecular formula is C31H29NO5S. The van der Waals surface area contributed by atoms with Gasteiger partial charge in [-0.1, -0.05) is 60.7 Å². The van der Waals surface area contributed by atoms with E-state index in [4.69, 9.17) is 13.7 Å². The van der Waals surface area contributed by atoms with Crippen LogP contribution >= 0.6 is 0 Å². The quantitative estimate of drug-likeness (QED) is 0.288. The van der Waals surface area contributed by atoms with Crippen LogP contribution in [-0.4, -0.2) is 27.0 Å². The van der Waals surface area contributed by atoms with Crippen molar-refractivity contribution in [2.75, 3.05) is 13.7 Å². The first kappa shape index (κ1) is 24.5. The molecule has 38 heavy (non-hydrogen) atoms. The minimum absolute atomic E-state index is 0.116. The van der Waals surface area contributed by atoms with Gasteiger partial charge in [0.05, 0.1) is 7.11 Å². The van der Waals surface area contributed by atoms with Gasteiger partial charge >= 0.3 is 10.1 Å². The predicted octanol–water partition coefficient (Wildman–Crippen LogP) is 5.70.